The molecule has 0 unspecified atom stereocenters. The Balaban J connectivity index is 1.73. The minimum atomic E-state index is -0.268. The molecule has 34 heavy (non-hydrogen) atoms. The lowest BCUT2D eigenvalue weighted by atomic mass is 9.87. The number of carbonyl (C=O) groups is 1. The van der Waals surface area contributed by atoms with Gasteiger partial charge in [0.1, 0.15) is 11.6 Å². The summed E-state index contributed by atoms with van der Waals surface area (Å²) in [7, 11) is 3.40. The Morgan fingerprint density at radius 2 is 1.97 bits per heavy atom. The van der Waals surface area contributed by atoms with Gasteiger partial charge < -0.3 is 14.9 Å². The summed E-state index contributed by atoms with van der Waals surface area (Å²) >= 11 is 0. The molecule has 1 amide bonds. The van der Waals surface area contributed by atoms with Crippen molar-refractivity contribution in [1.82, 2.24) is 19.8 Å². The number of likely N-dealkylation sites (tertiary alicyclic amines) is 1. The lowest BCUT2D eigenvalue weighted by Gasteiger charge is -2.31. The van der Waals surface area contributed by atoms with Crippen LogP contribution in [0.4, 0.5) is 0 Å². The zero-order valence-electron chi connectivity index (χ0n) is 20.7. The fourth-order valence-corrected chi connectivity index (χ4v) is 5.16. The van der Waals surface area contributed by atoms with Crippen LogP contribution in [0.15, 0.2) is 29.1 Å². The highest BCUT2D eigenvalue weighted by atomic mass is 16.2. The molecule has 178 valence electrons. The topological polar surface area (TPSA) is 93.9 Å². The van der Waals surface area contributed by atoms with Gasteiger partial charge in [-0.1, -0.05) is 19.9 Å². The monoisotopic (exact) mass is 459 g/mol. The standard InChI is InChI=1S/C27H33N5O2/c1-16(2)25-22-12-19(18-8-10-32(11-9-18)15-24(33)29-4)6-7-23(22)30-26(25)21-13-20(14-28)27(34)31(5)17(21)3/h6-7,12-13,16,18,30H,8-11,15H2,1-5H3,(H,29,33). The number of rotatable bonds is 5. The highest BCUT2D eigenvalue weighted by Crippen LogP contribution is 2.39. The third-order valence-corrected chi connectivity index (χ3v) is 7.25. The van der Waals surface area contributed by atoms with Crippen molar-refractivity contribution in [3.8, 4) is 17.3 Å². The molecule has 2 N–H and O–H groups in total. The number of aromatic amines is 1. The second-order valence-corrected chi connectivity index (χ2v) is 9.63. The molecule has 1 fully saturated rings. The number of pyridine rings is 1. The van der Waals surface area contributed by atoms with E-state index in [0.717, 1.165) is 48.4 Å². The van der Waals surface area contributed by atoms with Crippen LogP contribution in [-0.2, 0) is 11.8 Å². The van der Waals surface area contributed by atoms with Gasteiger partial charge in [0.2, 0.25) is 5.91 Å². The molecule has 1 aliphatic heterocycles. The van der Waals surface area contributed by atoms with E-state index in [1.807, 2.05) is 6.92 Å². The van der Waals surface area contributed by atoms with Gasteiger partial charge in [-0.3, -0.25) is 14.5 Å². The van der Waals surface area contributed by atoms with E-state index >= 15 is 0 Å². The van der Waals surface area contributed by atoms with Crippen LogP contribution < -0.4 is 10.9 Å². The number of nitriles is 1. The number of H-pyrrole nitrogens is 1. The van der Waals surface area contributed by atoms with E-state index in [9.17, 15) is 14.9 Å². The summed E-state index contributed by atoms with van der Waals surface area (Å²) in [6, 6.07) is 10.4. The van der Waals surface area contributed by atoms with Crippen LogP contribution in [0, 0.1) is 18.3 Å². The number of amides is 1. The maximum Gasteiger partial charge on any atom is 0.268 e. The molecule has 3 heterocycles. The van der Waals surface area contributed by atoms with Gasteiger partial charge in [0.15, 0.2) is 0 Å². The fourth-order valence-electron chi connectivity index (χ4n) is 5.16. The molecule has 0 radical (unpaired) electrons. The number of aromatic nitrogens is 2. The van der Waals surface area contributed by atoms with Crippen LogP contribution in [-0.4, -0.2) is 47.0 Å². The summed E-state index contributed by atoms with van der Waals surface area (Å²) in [5, 5.41) is 13.4. The largest absolute Gasteiger partial charge is 0.358 e. The SMILES string of the molecule is CNC(=O)CN1CCC(c2ccc3[nH]c(-c4cc(C#N)c(=O)n(C)c4C)c(C(C)C)c3c2)CC1. The smallest absolute Gasteiger partial charge is 0.268 e. The summed E-state index contributed by atoms with van der Waals surface area (Å²) in [6.07, 6.45) is 2.06. The molecule has 2 aromatic heterocycles. The van der Waals surface area contributed by atoms with E-state index in [0.29, 0.717) is 12.5 Å². The number of likely N-dealkylation sites (N-methyl/N-ethyl adjacent to an activating group) is 1. The Labute approximate surface area is 200 Å². The van der Waals surface area contributed by atoms with Crippen molar-refractivity contribution in [3.05, 3.63) is 57.0 Å². The number of nitrogens with zero attached hydrogens (tertiary/aromatic N) is 3. The summed E-state index contributed by atoms with van der Waals surface area (Å²) < 4.78 is 1.56. The van der Waals surface area contributed by atoms with Gasteiger partial charge in [-0.25, -0.2) is 0 Å². The highest BCUT2D eigenvalue weighted by molar-refractivity contribution is 5.92. The summed E-state index contributed by atoms with van der Waals surface area (Å²) in [5.74, 6) is 0.790. The number of hydrogen-bond donors (Lipinski definition) is 2. The first-order valence-corrected chi connectivity index (χ1v) is 11.9. The number of hydrogen-bond acceptors (Lipinski definition) is 4. The maximum absolute atomic E-state index is 12.4. The number of nitrogens with one attached hydrogen (secondary N) is 2. The highest BCUT2D eigenvalue weighted by Gasteiger charge is 2.24. The number of carbonyl (C=O) groups excluding carboxylic acids is 1. The van der Waals surface area contributed by atoms with Gasteiger partial charge in [-0.15, -0.1) is 0 Å². The molecule has 1 saturated heterocycles. The number of piperidine rings is 1. The van der Waals surface area contributed by atoms with Gasteiger partial charge in [-0.2, -0.15) is 5.26 Å². The van der Waals surface area contributed by atoms with Crippen LogP contribution >= 0.6 is 0 Å². The van der Waals surface area contributed by atoms with Crippen molar-refractivity contribution in [2.45, 2.75) is 45.4 Å². The zero-order valence-corrected chi connectivity index (χ0v) is 20.7. The molecule has 0 bridgehead atoms. The average Bonchev–Trinajstić information content (AvgIpc) is 3.22. The van der Waals surface area contributed by atoms with Crippen molar-refractivity contribution >= 4 is 16.8 Å². The first-order valence-electron chi connectivity index (χ1n) is 11.9. The van der Waals surface area contributed by atoms with Crippen LogP contribution in [0.5, 0.6) is 0 Å². The van der Waals surface area contributed by atoms with Crippen LogP contribution in [0.25, 0.3) is 22.2 Å². The summed E-state index contributed by atoms with van der Waals surface area (Å²) in [6.45, 7) is 8.58. The molecular formula is C27H33N5O2. The molecular weight excluding hydrogens is 426 g/mol. The van der Waals surface area contributed by atoms with Crippen molar-refractivity contribution < 1.29 is 4.79 Å². The Morgan fingerprint density at radius 3 is 2.59 bits per heavy atom. The molecule has 0 spiro atoms. The second-order valence-electron chi connectivity index (χ2n) is 9.63. The Kier molecular flexibility index (Phi) is 6.63. The third kappa shape index (κ3) is 4.26. The number of benzene rings is 1. The Morgan fingerprint density at radius 1 is 1.26 bits per heavy atom. The average molecular weight is 460 g/mol. The molecule has 7 nitrogen and oxygen atoms in total. The molecule has 0 atom stereocenters. The molecule has 0 saturated carbocycles. The summed E-state index contributed by atoms with van der Waals surface area (Å²) in [4.78, 5) is 29.9. The normalized spacial score (nSPS) is 15.1. The second kappa shape index (κ2) is 9.47. The van der Waals surface area contributed by atoms with Crippen molar-refractivity contribution in [1.29, 1.82) is 5.26 Å². The van der Waals surface area contributed by atoms with E-state index in [1.54, 1.807) is 24.7 Å². The molecule has 4 rings (SSSR count). The quantitative estimate of drug-likeness (QED) is 0.607. The minimum Gasteiger partial charge on any atom is -0.358 e. The van der Waals surface area contributed by atoms with Crippen LogP contribution in [0.1, 0.15) is 60.9 Å². The predicted molar refractivity (Wildman–Crippen MR) is 135 cm³/mol. The van der Waals surface area contributed by atoms with Crippen molar-refractivity contribution in [3.63, 3.8) is 0 Å². The van der Waals surface area contributed by atoms with E-state index in [4.69, 9.17) is 0 Å². The molecule has 0 aliphatic carbocycles. The Hall–Kier alpha value is -3.37. The van der Waals surface area contributed by atoms with Crippen LogP contribution in [0.2, 0.25) is 0 Å². The first-order chi connectivity index (χ1) is 16.2. The van der Waals surface area contributed by atoms with Crippen molar-refractivity contribution in [2.75, 3.05) is 26.7 Å². The van der Waals surface area contributed by atoms with Gasteiger partial charge in [0, 0.05) is 36.3 Å². The molecule has 1 aliphatic rings. The fraction of sp³-hybridized carbons (Fsp3) is 0.444. The first kappa shape index (κ1) is 23.8. The van der Waals surface area contributed by atoms with Gasteiger partial charge >= 0.3 is 0 Å². The molecule has 7 heteroatoms. The van der Waals surface area contributed by atoms with E-state index in [1.165, 1.54) is 16.5 Å². The van der Waals surface area contributed by atoms with Gasteiger partial charge in [0.25, 0.3) is 5.56 Å². The van der Waals surface area contributed by atoms with Crippen LogP contribution in [0.3, 0.4) is 0 Å². The van der Waals surface area contributed by atoms with Gasteiger partial charge in [0.05, 0.1) is 12.2 Å². The van der Waals surface area contributed by atoms with Crippen molar-refractivity contribution in [2.24, 2.45) is 7.05 Å². The van der Waals surface area contributed by atoms with E-state index < -0.39 is 0 Å². The lowest BCUT2D eigenvalue weighted by Crippen LogP contribution is -2.40. The Bertz CT molecular complexity index is 1330. The zero-order chi connectivity index (χ0) is 24.6. The maximum atomic E-state index is 12.4. The van der Waals surface area contributed by atoms with Gasteiger partial charge in [-0.05, 0) is 74.0 Å². The lowest BCUT2D eigenvalue weighted by molar-refractivity contribution is -0.122. The number of fused-ring (bicyclic) bond motifs is 1. The molecule has 3 aromatic rings. The van der Waals surface area contributed by atoms with E-state index in [-0.39, 0.29) is 22.9 Å². The molecule has 1 aromatic carbocycles. The third-order valence-electron chi connectivity index (χ3n) is 7.25. The predicted octanol–water partition coefficient (Wildman–Crippen LogP) is 3.76. The summed E-state index contributed by atoms with van der Waals surface area (Å²) in [5.41, 5.74) is 6.19. The van der Waals surface area contributed by atoms with E-state index in [2.05, 4.69) is 53.3 Å². The minimum absolute atomic E-state index is 0.0644.